The van der Waals surface area contributed by atoms with Gasteiger partial charge in [0.1, 0.15) is 6.17 Å². The molecule has 72 valence electrons. The van der Waals surface area contributed by atoms with Crippen molar-refractivity contribution in [1.82, 2.24) is 0 Å². The minimum absolute atomic E-state index is 0.661. The Kier molecular flexibility index (Phi) is 3.47. The van der Waals surface area contributed by atoms with E-state index in [1.165, 1.54) is 5.56 Å². The van der Waals surface area contributed by atoms with Gasteiger partial charge in [0.05, 0.1) is 0 Å². The van der Waals surface area contributed by atoms with Gasteiger partial charge in [-0.1, -0.05) is 38.1 Å². The zero-order valence-electron chi connectivity index (χ0n) is 8.55. The first-order valence-electron chi connectivity index (χ1n) is 4.82. The highest BCUT2D eigenvalue weighted by atomic mass is 19.1. The Morgan fingerprint density at radius 3 is 2.00 bits per heavy atom. The normalized spacial score (nSPS) is 13.3. The monoisotopic (exact) mass is 180 g/mol. The van der Waals surface area contributed by atoms with Crippen LogP contribution in [0.2, 0.25) is 0 Å². The molecule has 1 rings (SSSR count). The molecule has 0 nitrogen and oxygen atoms in total. The molecule has 0 saturated carbocycles. The Labute approximate surface area is 79.8 Å². The van der Waals surface area contributed by atoms with Gasteiger partial charge < -0.3 is 0 Å². The predicted octanol–water partition coefficient (Wildman–Crippen LogP) is 3.92. The summed E-state index contributed by atoms with van der Waals surface area (Å²) in [7, 11) is 0. The van der Waals surface area contributed by atoms with E-state index in [4.69, 9.17) is 0 Å². The first-order valence-corrected chi connectivity index (χ1v) is 4.82. The van der Waals surface area contributed by atoms with E-state index in [9.17, 15) is 4.39 Å². The number of halogens is 1. The maximum atomic E-state index is 12.8. The van der Waals surface area contributed by atoms with Crippen LogP contribution in [0.25, 0.3) is 0 Å². The summed E-state index contributed by atoms with van der Waals surface area (Å²) in [5.41, 5.74) is 2.06. The SMILES string of the molecule is CC(C)Cc1ccc(C(C)F)cc1. The average Bonchev–Trinajstić information content (AvgIpc) is 2.04. The lowest BCUT2D eigenvalue weighted by Gasteiger charge is -2.06. The molecule has 1 unspecified atom stereocenters. The van der Waals surface area contributed by atoms with Crippen molar-refractivity contribution in [2.45, 2.75) is 33.4 Å². The third-order valence-electron chi connectivity index (χ3n) is 2.08. The van der Waals surface area contributed by atoms with Crippen molar-refractivity contribution in [3.63, 3.8) is 0 Å². The molecule has 0 aliphatic carbocycles. The van der Waals surface area contributed by atoms with Crippen LogP contribution < -0.4 is 0 Å². The van der Waals surface area contributed by atoms with E-state index in [1.807, 2.05) is 24.3 Å². The average molecular weight is 180 g/mol. The van der Waals surface area contributed by atoms with E-state index in [0.29, 0.717) is 5.92 Å². The molecule has 13 heavy (non-hydrogen) atoms. The molecule has 1 heteroatoms. The van der Waals surface area contributed by atoms with E-state index >= 15 is 0 Å². The van der Waals surface area contributed by atoms with Gasteiger partial charge in [0.2, 0.25) is 0 Å². The molecule has 0 amide bonds. The molecule has 0 radical (unpaired) electrons. The zero-order valence-corrected chi connectivity index (χ0v) is 8.55. The van der Waals surface area contributed by atoms with Gasteiger partial charge in [0.15, 0.2) is 0 Å². The number of hydrogen-bond acceptors (Lipinski definition) is 0. The van der Waals surface area contributed by atoms with Crippen LogP contribution >= 0.6 is 0 Å². The van der Waals surface area contributed by atoms with E-state index in [2.05, 4.69) is 13.8 Å². The zero-order chi connectivity index (χ0) is 9.84. The second-order valence-corrected chi connectivity index (χ2v) is 3.96. The standard InChI is InChI=1S/C12H17F/c1-9(2)8-11-4-6-12(7-5-11)10(3)13/h4-7,9-10H,8H2,1-3H3. The summed E-state index contributed by atoms with van der Waals surface area (Å²) >= 11 is 0. The van der Waals surface area contributed by atoms with E-state index < -0.39 is 6.17 Å². The highest BCUT2D eigenvalue weighted by Gasteiger charge is 2.02. The number of benzene rings is 1. The quantitative estimate of drug-likeness (QED) is 0.661. The Morgan fingerprint density at radius 2 is 1.62 bits per heavy atom. The largest absolute Gasteiger partial charge is 0.243 e. The first kappa shape index (κ1) is 10.2. The van der Waals surface area contributed by atoms with Gasteiger partial charge in [0.25, 0.3) is 0 Å². The summed E-state index contributed by atoms with van der Waals surface area (Å²) in [6, 6.07) is 7.79. The molecular formula is C12H17F. The van der Waals surface area contributed by atoms with Crippen LogP contribution in [0.15, 0.2) is 24.3 Å². The summed E-state index contributed by atoms with van der Waals surface area (Å²) in [6.07, 6.45) is 0.217. The van der Waals surface area contributed by atoms with E-state index in [1.54, 1.807) is 6.92 Å². The lowest BCUT2D eigenvalue weighted by molar-refractivity contribution is 0.374. The third-order valence-corrected chi connectivity index (χ3v) is 2.08. The maximum absolute atomic E-state index is 12.8. The predicted molar refractivity (Wildman–Crippen MR) is 54.5 cm³/mol. The van der Waals surface area contributed by atoms with Crippen molar-refractivity contribution in [2.75, 3.05) is 0 Å². The molecule has 0 aromatic heterocycles. The Morgan fingerprint density at radius 1 is 1.08 bits per heavy atom. The maximum Gasteiger partial charge on any atom is 0.122 e. The van der Waals surface area contributed by atoms with Crippen molar-refractivity contribution < 1.29 is 4.39 Å². The molecule has 0 bridgehead atoms. The van der Waals surface area contributed by atoms with Crippen LogP contribution in [0.4, 0.5) is 4.39 Å². The fourth-order valence-electron chi connectivity index (χ4n) is 1.39. The fourth-order valence-corrected chi connectivity index (χ4v) is 1.39. The molecule has 0 saturated heterocycles. The van der Waals surface area contributed by atoms with Crippen LogP contribution in [-0.4, -0.2) is 0 Å². The topological polar surface area (TPSA) is 0 Å². The highest BCUT2D eigenvalue weighted by Crippen LogP contribution is 2.17. The number of alkyl halides is 1. The lowest BCUT2D eigenvalue weighted by Crippen LogP contribution is -1.94. The molecule has 1 aromatic rings. The summed E-state index contributed by atoms with van der Waals surface area (Å²) in [5.74, 6) is 0.661. The smallest absolute Gasteiger partial charge is 0.122 e. The first-order chi connectivity index (χ1) is 6.09. The van der Waals surface area contributed by atoms with Crippen LogP contribution in [0.1, 0.15) is 38.1 Å². The summed E-state index contributed by atoms with van der Waals surface area (Å²) in [6.45, 7) is 5.94. The summed E-state index contributed by atoms with van der Waals surface area (Å²) in [5, 5.41) is 0. The second kappa shape index (κ2) is 4.40. The van der Waals surface area contributed by atoms with Gasteiger partial charge in [0, 0.05) is 0 Å². The highest BCUT2D eigenvalue weighted by molar-refractivity contribution is 5.24. The Bertz CT molecular complexity index is 246. The van der Waals surface area contributed by atoms with Crippen molar-refractivity contribution in [3.8, 4) is 0 Å². The van der Waals surface area contributed by atoms with Gasteiger partial charge in [-0.15, -0.1) is 0 Å². The van der Waals surface area contributed by atoms with Gasteiger partial charge in [-0.05, 0) is 30.4 Å². The minimum atomic E-state index is -0.854. The van der Waals surface area contributed by atoms with Crippen molar-refractivity contribution >= 4 is 0 Å². The van der Waals surface area contributed by atoms with E-state index in [-0.39, 0.29) is 0 Å². The minimum Gasteiger partial charge on any atom is -0.243 e. The molecule has 1 atom stereocenters. The second-order valence-electron chi connectivity index (χ2n) is 3.96. The molecule has 0 spiro atoms. The lowest BCUT2D eigenvalue weighted by atomic mass is 10.0. The van der Waals surface area contributed by atoms with Gasteiger partial charge in [-0.25, -0.2) is 4.39 Å². The molecular weight excluding hydrogens is 163 g/mol. The molecule has 0 N–H and O–H groups in total. The third kappa shape index (κ3) is 3.17. The van der Waals surface area contributed by atoms with Gasteiger partial charge in [-0.2, -0.15) is 0 Å². The molecule has 0 heterocycles. The number of rotatable bonds is 3. The van der Waals surface area contributed by atoms with Gasteiger partial charge >= 0.3 is 0 Å². The van der Waals surface area contributed by atoms with Crippen molar-refractivity contribution in [2.24, 2.45) is 5.92 Å². The van der Waals surface area contributed by atoms with Crippen LogP contribution in [0.5, 0.6) is 0 Å². The molecule has 1 aromatic carbocycles. The van der Waals surface area contributed by atoms with Crippen LogP contribution in [-0.2, 0) is 6.42 Å². The van der Waals surface area contributed by atoms with E-state index in [0.717, 1.165) is 12.0 Å². The summed E-state index contributed by atoms with van der Waals surface area (Å²) < 4.78 is 12.8. The molecule has 0 aliphatic rings. The molecule has 0 aliphatic heterocycles. The van der Waals surface area contributed by atoms with Crippen molar-refractivity contribution in [1.29, 1.82) is 0 Å². The summed E-state index contributed by atoms with van der Waals surface area (Å²) in [4.78, 5) is 0. The van der Waals surface area contributed by atoms with Crippen molar-refractivity contribution in [3.05, 3.63) is 35.4 Å². The van der Waals surface area contributed by atoms with Crippen LogP contribution in [0.3, 0.4) is 0 Å². The molecule has 0 fully saturated rings. The Hall–Kier alpha value is -0.850. The fraction of sp³-hybridized carbons (Fsp3) is 0.500. The van der Waals surface area contributed by atoms with Gasteiger partial charge in [-0.3, -0.25) is 0 Å². The Balaban J connectivity index is 2.70. The van der Waals surface area contributed by atoms with Crippen LogP contribution in [0, 0.1) is 5.92 Å². The number of hydrogen-bond donors (Lipinski definition) is 0.